The molecule has 100 valence electrons. The van der Waals surface area contributed by atoms with Gasteiger partial charge >= 0.3 is 0 Å². The molecule has 0 saturated carbocycles. The Kier molecular flexibility index (Phi) is 4.78. The van der Waals surface area contributed by atoms with Crippen LogP contribution in [0.15, 0.2) is 48.7 Å². The van der Waals surface area contributed by atoms with Crippen LogP contribution in [0.5, 0.6) is 0 Å². The predicted octanol–water partition coefficient (Wildman–Crippen LogP) is 2.32. The summed E-state index contributed by atoms with van der Waals surface area (Å²) < 4.78 is 2.05. The van der Waals surface area contributed by atoms with Crippen LogP contribution in [0.2, 0.25) is 0 Å². The van der Waals surface area contributed by atoms with E-state index in [9.17, 15) is 4.79 Å². The fraction of sp³-hybridized carbons (Fsp3) is 0.312. The van der Waals surface area contributed by atoms with Gasteiger partial charge in [0.25, 0.3) is 0 Å². The molecule has 0 saturated heterocycles. The zero-order valence-corrected chi connectivity index (χ0v) is 11.3. The number of hydrogen-bond acceptors (Lipinski definition) is 1. The van der Waals surface area contributed by atoms with Crippen molar-refractivity contribution in [3.05, 3.63) is 59.9 Å². The van der Waals surface area contributed by atoms with Gasteiger partial charge in [0.15, 0.2) is 0 Å². The highest BCUT2D eigenvalue weighted by Gasteiger charge is 2.03. The van der Waals surface area contributed by atoms with Gasteiger partial charge in [-0.1, -0.05) is 30.3 Å². The van der Waals surface area contributed by atoms with Crippen molar-refractivity contribution in [2.45, 2.75) is 19.3 Å². The van der Waals surface area contributed by atoms with Gasteiger partial charge in [-0.2, -0.15) is 0 Å². The predicted molar refractivity (Wildman–Crippen MR) is 76.9 cm³/mol. The molecule has 0 atom stereocenters. The third-order valence-corrected chi connectivity index (χ3v) is 3.24. The monoisotopic (exact) mass is 256 g/mol. The highest BCUT2D eigenvalue weighted by atomic mass is 16.1. The van der Waals surface area contributed by atoms with E-state index in [2.05, 4.69) is 28.1 Å². The van der Waals surface area contributed by atoms with Crippen LogP contribution in [-0.2, 0) is 24.7 Å². The van der Waals surface area contributed by atoms with Crippen molar-refractivity contribution >= 4 is 5.91 Å². The first kappa shape index (κ1) is 13.4. The molecule has 3 heteroatoms. The van der Waals surface area contributed by atoms with E-state index in [1.165, 1.54) is 11.3 Å². The zero-order chi connectivity index (χ0) is 13.5. The van der Waals surface area contributed by atoms with Gasteiger partial charge in [-0.25, -0.2) is 0 Å². The van der Waals surface area contributed by atoms with Gasteiger partial charge in [0.1, 0.15) is 0 Å². The summed E-state index contributed by atoms with van der Waals surface area (Å²) in [5.74, 6) is 0.122. The van der Waals surface area contributed by atoms with Crippen LogP contribution in [0.4, 0.5) is 0 Å². The summed E-state index contributed by atoms with van der Waals surface area (Å²) >= 11 is 0. The molecule has 0 aliphatic heterocycles. The Balaban J connectivity index is 1.66. The Bertz CT molecular complexity index is 517. The number of aromatic nitrogens is 1. The molecule has 2 rings (SSSR count). The summed E-state index contributed by atoms with van der Waals surface area (Å²) in [5.41, 5.74) is 2.45. The Morgan fingerprint density at radius 3 is 2.58 bits per heavy atom. The molecule has 2 aromatic rings. The lowest BCUT2D eigenvalue weighted by Gasteiger charge is -2.06. The van der Waals surface area contributed by atoms with Crippen molar-refractivity contribution in [2.75, 3.05) is 6.54 Å². The summed E-state index contributed by atoms with van der Waals surface area (Å²) in [4.78, 5) is 11.7. The number of amides is 1. The van der Waals surface area contributed by atoms with Gasteiger partial charge < -0.3 is 9.88 Å². The van der Waals surface area contributed by atoms with Gasteiger partial charge in [0.2, 0.25) is 5.91 Å². The number of hydrogen-bond donors (Lipinski definition) is 1. The maximum absolute atomic E-state index is 11.7. The minimum absolute atomic E-state index is 0.122. The Labute approximate surface area is 114 Å². The maximum atomic E-state index is 11.7. The van der Waals surface area contributed by atoms with E-state index < -0.39 is 0 Å². The summed E-state index contributed by atoms with van der Waals surface area (Å²) in [6, 6.07) is 14.3. The molecule has 0 aliphatic carbocycles. The lowest BCUT2D eigenvalue weighted by molar-refractivity contribution is -0.121. The van der Waals surface area contributed by atoms with Gasteiger partial charge in [-0.3, -0.25) is 4.79 Å². The van der Waals surface area contributed by atoms with E-state index in [-0.39, 0.29) is 5.91 Å². The number of benzene rings is 1. The number of carbonyl (C=O) groups excluding carboxylic acids is 1. The number of rotatable bonds is 6. The number of nitrogens with zero attached hydrogens (tertiary/aromatic N) is 1. The van der Waals surface area contributed by atoms with E-state index >= 15 is 0 Å². The van der Waals surface area contributed by atoms with Crippen LogP contribution in [0.1, 0.15) is 17.7 Å². The third kappa shape index (κ3) is 4.28. The summed E-state index contributed by atoms with van der Waals surface area (Å²) in [7, 11) is 2.00. The SMILES string of the molecule is Cn1cccc1CCC(=O)NCCc1ccccc1. The van der Waals surface area contributed by atoms with Crippen molar-refractivity contribution < 1.29 is 4.79 Å². The molecule has 0 bridgehead atoms. The molecule has 0 aliphatic rings. The lowest BCUT2D eigenvalue weighted by atomic mass is 10.1. The number of carbonyl (C=O) groups is 1. The third-order valence-electron chi connectivity index (χ3n) is 3.24. The Morgan fingerprint density at radius 2 is 1.89 bits per heavy atom. The van der Waals surface area contributed by atoms with Crippen LogP contribution < -0.4 is 5.32 Å². The topological polar surface area (TPSA) is 34.0 Å². The minimum atomic E-state index is 0.122. The molecule has 0 spiro atoms. The van der Waals surface area contributed by atoms with Crippen LogP contribution in [0.25, 0.3) is 0 Å². The molecule has 19 heavy (non-hydrogen) atoms. The second kappa shape index (κ2) is 6.78. The molecule has 1 aromatic heterocycles. The second-order valence-electron chi connectivity index (χ2n) is 4.70. The molecule has 1 N–H and O–H groups in total. The highest BCUT2D eigenvalue weighted by Crippen LogP contribution is 2.03. The van der Waals surface area contributed by atoms with Crippen LogP contribution in [-0.4, -0.2) is 17.0 Å². The first-order valence-electron chi connectivity index (χ1n) is 6.66. The van der Waals surface area contributed by atoms with Crippen molar-refractivity contribution in [3.8, 4) is 0 Å². The number of aryl methyl sites for hydroxylation is 2. The number of nitrogens with one attached hydrogen (secondary N) is 1. The molecule has 1 aromatic carbocycles. The zero-order valence-electron chi connectivity index (χ0n) is 11.3. The minimum Gasteiger partial charge on any atom is -0.356 e. The Hall–Kier alpha value is -2.03. The lowest BCUT2D eigenvalue weighted by Crippen LogP contribution is -2.26. The van der Waals surface area contributed by atoms with Crippen molar-refractivity contribution in [1.82, 2.24) is 9.88 Å². The largest absolute Gasteiger partial charge is 0.356 e. The van der Waals surface area contributed by atoms with Crippen molar-refractivity contribution in [2.24, 2.45) is 7.05 Å². The normalized spacial score (nSPS) is 10.4. The van der Waals surface area contributed by atoms with E-state index in [1.54, 1.807) is 0 Å². The van der Waals surface area contributed by atoms with Crippen molar-refractivity contribution in [1.29, 1.82) is 0 Å². The standard InChI is InChI=1S/C16H20N2O/c1-18-13-5-8-15(18)9-10-16(19)17-12-11-14-6-3-2-4-7-14/h2-8,13H,9-12H2,1H3,(H,17,19). The fourth-order valence-electron chi connectivity index (χ4n) is 2.08. The van der Waals surface area contributed by atoms with E-state index in [0.29, 0.717) is 13.0 Å². The van der Waals surface area contributed by atoms with Gasteiger partial charge in [-0.05, 0) is 30.5 Å². The average Bonchev–Trinajstić information content (AvgIpc) is 2.83. The fourth-order valence-corrected chi connectivity index (χ4v) is 2.08. The van der Waals surface area contributed by atoms with Crippen LogP contribution in [0.3, 0.4) is 0 Å². The van der Waals surface area contributed by atoms with E-state index in [1.807, 2.05) is 37.5 Å². The Morgan fingerprint density at radius 1 is 1.11 bits per heavy atom. The van der Waals surface area contributed by atoms with E-state index in [4.69, 9.17) is 0 Å². The molecule has 1 amide bonds. The van der Waals surface area contributed by atoms with E-state index in [0.717, 1.165) is 12.8 Å². The molecule has 0 radical (unpaired) electrons. The molecule has 1 heterocycles. The summed E-state index contributed by atoms with van der Waals surface area (Å²) in [5, 5.41) is 2.96. The molecule has 0 fully saturated rings. The smallest absolute Gasteiger partial charge is 0.220 e. The van der Waals surface area contributed by atoms with Crippen LogP contribution >= 0.6 is 0 Å². The average molecular weight is 256 g/mol. The molecular formula is C16H20N2O. The first-order chi connectivity index (χ1) is 9.25. The van der Waals surface area contributed by atoms with Gasteiger partial charge in [0.05, 0.1) is 0 Å². The second-order valence-corrected chi connectivity index (χ2v) is 4.70. The van der Waals surface area contributed by atoms with Gasteiger partial charge in [0, 0.05) is 31.9 Å². The quantitative estimate of drug-likeness (QED) is 0.845. The maximum Gasteiger partial charge on any atom is 0.220 e. The van der Waals surface area contributed by atoms with Crippen molar-refractivity contribution in [3.63, 3.8) is 0 Å². The van der Waals surface area contributed by atoms with Crippen LogP contribution in [0, 0.1) is 0 Å². The highest BCUT2D eigenvalue weighted by molar-refractivity contribution is 5.76. The van der Waals surface area contributed by atoms with Gasteiger partial charge in [-0.15, -0.1) is 0 Å². The summed E-state index contributed by atoms with van der Waals surface area (Å²) in [6.07, 6.45) is 4.23. The molecular weight excluding hydrogens is 236 g/mol. The first-order valence-corrected chi connectivity index (χ1v) is 6.66. The summed E-state index contributed by atoms with van der Waals surface area (Å²) in [6.45, 7) is 0.704. The molecule has 3 nitrogen and oxygen atoms in total. The molecule has 0 unspecified atom stereocenters.